The second-order valence-electron chi connectivity index (χ2n) is 7.36. The molecular weight excluding hydrogens is 466 g/mol. The number of nitrogens with zero attached hydrogens (tertiary/aromatic N) is 2. The van der Waals surface area contributed by atoms with Crippen molar-refractivity contribution in [2.75, 3.05) is 12.4 Å². The maximum atomic E-state index is 13.5. The lowest BCUT2D eigenvalue weighted by Gasteiger charge is -2.44. The maximum absolute atomic E-state index is 13.5. The van der Waals surface area contributed by atoms with Crippen LogP contribution in [-0.2, 0) is 10.5 Å². The third-order valence-electron chi connectivity index (χ3n) is 5.78. The molecule has 0 unspecified atom stereocenters. The predicted molar refractivity (Wildman–Crippen MR) is 118 cm³/mol. The Morgan fingerprint density at radius 2 is 2.20 bits per heavy atom. The molecule has 1 aromatic heterocycles. The highest BCUT2D eigenvalue weighted by Gasteiger charge is 2.61. The van der Waals surface area contributed by atoms with Crippen molar-refractivity contribution in [2.45, 2.75) is 18.2 Å². The third-order valence-corrected chi connectivity index (χ3v) is 7.19. The lowest BCUT2D eigenvalue weighted by Crippen LogP contribution is -2.55. The van der Waals surface area contributed by atoms with Gasteiger partial charge in [-0.15, -0.1) is 11.3 Å². The summed E-state index contributed by atoms with van der Waals surface area (Å²) in [6.07, 6.45) is 0.683. The van der Waals surface area contributed by atoms with Gasteiger partial charge in [-0.2, -0.15) is 5.10 Å². The number of methoxy groups -OCH3 is 1. The third kappa shape index (κ3) is 2.29. The van der Waals surface area contributed by atoms with Crippen LogP contribution in [0.5, 0.6) is 11.5 Å². The topological polar surface area (TPSA) is 63.2 Å². The summed E-state index contributed by atoms with van der Waals surface area (Å²) in [5, 5.41) is 11.8. The number of thiophene rings is 1. The number of carbonyl (C=O) groups excluding carboxylic acids is 1. The Labute approximate surface area is 185 Å². The first-order valence-corrected chi connectivity index (χ1v) is 11.2. The van der Waals surface area contributed by atoms with Gasteiger partial charge in [0, 0.05) is 16.5 Å². The quantitative estimate of drug-likeness (QED) is 0.567. The average Bonchev–Trinajstić information content (AvgIpc) is 3.48. The van der Waals surface area contributed by atoms with Gasteiger partial charge in [0.25, 0.3) is 5.91 Å². The van der Waals surface area contributed by atoms with Crippen molar-refractivity contribution in [1.82, 2.24) is 5.01 Å². The van der Waals surface area contributed by atoms with Crippen LogP contribution in [0.2, 0.25) is 0 Å². The second kappa shape index (κ2) is 6.33. The van der Waals surface area contributed by atoms with E-state index in [1.165, 1.54) is 0 Å². The van der Waals surface area contributed by atoms with Gasteiger partial charge >= 0.3 is 5.72 Å². The number of para-hydroxylation sites is 1. The summed E-state index contributed by atoms with van der Waals surface area (Å²) >= 11 is 5.18. The molecule has 0 bridgehead atoms. The van der Waals surface area contributed by atoms with E-state index >= 15 is 0 Å². The highest BCUT2D eigenvalue weighted by molar-refractivity contribution is 9.10. The second-order valence-corrected chi connectivity index (χ2v) is 9.22. The minimum Gasteiger partial charge on any atom is -0.493 e. The van der Waals surface area contributed by atoms with Crippen LogP contribution >= 0.6 is 27.3 Å². The number of fused-ring (bicyclic) bond motifs is 6. The molecule has 1 amide bonds. The fourth-order valence-electron chi connectivity index (χ4n) is 4.46. The lowest BCUT2D eigenvalue weighted by atomic mass is 9.93. The Balaban J connectivity index is 1.62. The highest BCUT2D eigenvalue weighted by Crippen LogP contribution is 2.56. The molecule has 0 saturated carbocycles. The molecule has 30 heavy (non-hydrogen) atoms. The molecule has 8 heteroatoms. The van der Waals surface area contributed by atoms with Crippen molar-refractivity contribution < 1.29 is 14.3 Å². The number of halogens is 1. The van der Waals surface area contributed by atoms with E-state index in [0.29, 0.717) is 17.9 Å². The molecule has 150 valence electrons. The summed E-state index contributed by atoms with van der Waals surface area (Å²) in [5.41, 5.74) is 1.97. The van der Waals surface area contributed by atoms with Crippen LogP contribution in [0.25, 0.3) is 0 Å². The molecule has 2 atom stereocenters. The smallest absolute Gasteiger partial charge is 0.306 e. The van der Waals surface area contributed by atoms with Gasteiger partial charge in [0.1, 0.15) is 0 Å². The van der Waals surface area contributed by atoms with Gasteiger partial charge in [-0.1, -0.05) is 34.1 Å². The number of nitrogens with one attached hydrogen (secondary N) is 1. The van der Waals surface area contributed by atoms with Crippen LogP contribution in [0, 0.1) is 0 Å². The number of rotatable bonds is 2. The number of hydrogen-bond acceptors (Lipinski definition) is 6. The highest BCUT2D eigenvalue weighted by atomic mass is 79.9. The first-order chi connectivity index (χ1) is 14.6. The van der Waals surface area contributed by atoms with Gasteiger partial charge in [-0.3, -0.25) is 4.79 Å². The van der Waals surface area contributed by atoms with Crippen LogP contribution in [0.4, 0.5) is 5.69 Å². The Kier molecular flexibility index (Phi) is 3.79. The molecule has 1 N–H and O–H groups in total. The summed E-state index contributed by atoms with van der Waals surface area (Å²) in [7, 11) is 1.61. The molecule has 6 rings (SSSR count). The number of ether oxygens (including phenoxy) is 2. The molecule has 6 nitrogen and oxygen atoms in total. The van der Waals surface area contributed by atoms with E-state index in [1.807, 2.05) is 52.9 Å². The maximum Gasteiger partial charge on any atom is 0.306 e. The summed E-state index contributed by atoms with van der Waals surface area (Å²) in [5.74, 6) is 0.938. The standard InChI is InChI=1S/C22H16BrN3O3S/c1-28-18-5-2-4-13-17-11-16(19-6-3-9-30-19)25-26(17)22(29-20(13)18)14-10-12(23)7-8-15(14)24-21(22)27/h2-10,17H,11H2,1H3,(H,24,27)/t17-,22-/m1/s1. The minimum absolute atomic E-state index is 0.142. The molecule has 0 saturated heterocycles. The van der Waals surface area contributed by atoms with Gasteiger partial charge in [-0.05, 0) is 35.7 Å². The number of anilines is 1. The van der Waals surface area contributed by atoms with E-state index in [9.17, 15) is 4.79 Å². The molecule has 2 aromatic carbocycles. The molecule has 0 aliphatic carbocycles. The zero-order valence-corrected chi connectivity index (χ0v) is 18.3. The van der Waals surface area contributed by atoms with E-state index in [4.69, 9.17) is 14.6 Å². The number of amides is 1. The van der Waals surface area contributed by atoms with Crippen molar-refractivity contribution in [3.63, 3.8) is 0 Å². The van der Waals surface area contributed by atoms with Crippen molar-refractivity contribution in [3.8, 4) is 11.5 Å². The molecule has 3 aliphatic heterocycles. The molecule has 3 aliphatic rings. The van der Waals surface area contributed by atoms with Crippen LogP contribution in [0.15, 0.2) is 63.5 Å². The molecule has 0 radical (unpaired) electrons. The Hall–Kier alpha value is -2.84. The van der Waals surface area contributed by atoms with Crippen LogP contribution in [0.3, 0.4) is 0 Å². The SMILES string of the molecule is COc1cccc2c1O[C@]1(C(=O)Nc3ccc(Br)cc31)N1N=C(c3cccs3)C[C@H]21. The van der Waals surface area contributed by atoms with Crippen LogP contribution in [-0.4, -0.2) is 23.7 Å². The van der Waals surface area contributed by atoms with Gasteiger partial charge < -0.3 is 14.8 Å². The van der Waals surface area contributed by atoms with E-state index in [-0.39, 0.29) is 11.9 Å². The van der Waals surface area contributed by atoms with Crippen LogP contribution in [0.1, 0.15) is 28.5 Å². The van der Waals surface area contributed by atoms with Gasteiger partial charge in [0.2, 0.25) is 0 Å². The van der Waals surface area contributed by atoms with Crippen LogP contribution < -0.4 is 14.8 Å². The van der Waals surface area contributed by atoms with Crippen molar-refractivity contribution in [3.05, 3.63) is 74.4 Å². The van der Waals surface area contributed by atoms with Gasteiger partial charge in [0.05, 0.1) is 35.0 Å². The Bertz CT molecular complexity index is 1230. The molecule has 1 spiro atoms. The minimum atomic E-state index is -1.40. The van der Waals surface area contributed by atoms with E-state index in [1.54, 1.807) is 18.4 Å². The summed E-state index contributed by atoms with van der Waals surface area (Å²) in [6.45, 7) is 0. The lowest BCUT2D eigenvalue weighted by molar-refractivity contribution is -0.161. The first-order valence-electron chi connectivity index (χ1n) is 9.50. The average molecular weight is 482 g/mol. The monoisotopic (exact) mass is 481 g/mol. The zero-order chi connectivity index (χ0) is 20.5. The van der Waals surface area contributed by atoms with E-state index in [2.05, 4.69) is 27.3 Å². The normalized spacial score (nSPS) is 23.4. The van der Waals surface area contributed by atoms with Crippen molar-refractivity contribution in [1.29, 1.82) is 0 Å². The summed E-state index contributed by atoms with van der Waals surface area (Å²) in [6, 6.07) is 15.4. The Morgan fingerprint density at radius 1 is 1.30 bits per heavy atom. The zero-order valence-electron chi connectivity index (χ0n) is 15.9. The largest absolute Gasteiger partial charge is 0.493 e. The molecule has 3 aromatic rings. The van der Waals surface area contributed by atoms with Crippen molar-refractivity contribution in [2.24, 2.45) is 5.10 Å². The van der Waals surface area contributed by atoms with Gasteiger partial charge in [-0.25, -0.2) is 5.01 Å². The Morgan fingerprint density at radius 3 is 3.00 bits per heavy atom. The summed E-state index contributed by atoms with van der Waals surface area (Å²) < 4.78 is 13.0. The number of hydrogen-bond donors (Lipinski definition) is 1. The van der Waals surface area contributed by atoms with E-state index in [0.717, 1.165) is 31.9 Å². The molecular formula is C22H16BrN3O3S. The summed E-state index contributed by atoms with van der Waals surface area (Å²) in [4.78, 5) is 14.6. The first kappa shape index (κ1) is 18.0. The fraction of sp³-hybridized carbons (Fsp3) is 0.182. The predicted octanol–water partition coefficient (Wildman–Crippen LogP) is 4.87. The molecule has 4 heterocycles. The van der Waals surface area contributed by atoms with Crippen molar-refractivity contribution >= 4 is 44.6 Å². The fourth-order valence-corrected chi connectivity index (χ4v) is 5.54. The number of carbonyl (C=O) groups is 1. The van der Waals surface area contributed by atoms with E-state index < -0.39 is 5.72 Å². The number of benzene rings is 2. The van der Waals surface area contributed by atoms with Gasteiger partial charge in [0.15, 0.2) is 11.5 Å². The number of hydrazone groups is 1. The molecule has 0 fully saturated rings.